The highest BCUT2D eigenvalue weighted by atomic mass is 16.5. The van der Waals surface area contributed by atoms with Crippen molar-refractivity contribution in [3.05, 3.63) is 40.8 Å². The summed E-state index contributed by atoms with van der Waals surface area (Å²) in [7, 11) is 0. The van der Waals surface area contributed by atoms with E-state index in [1.165, 1.54) is 0 Å². The molecule has 0 atom stereocenters. The van der Waals surface area contributed by atoms with Gasteiger partial charge in [0.1, 0.15) is 17.3 Å². The Labute approximate surface area is 117 Å². The smallest absolute Gasteiger partial charge is 0.153 e. The number of aryl methyl sites for hydroxylation is 2. The second kappa shape index (κ2) is 6.23. The van der Waals surface area contributed by atoms with Gasteiger partial charge in [-0.3, -0.25) is 4.79 Å². The van der Waals surface area contributed by atoms with Crippen LogP contribution in [-0.2, 0) is 6.42 Å². The van der Waals surface area contributed by atoms with Gasteiger partial charge in [0, 0.05) is 18.1 Å². The van der Waals surface area contributed by atoms with Gasteiger partial charge < -0.3 is 14.4 Å². The molecule has 5 heteroatoms. The highest BCUT2D eigenvalue weighted by Gasteiger charge is 2.09. The van der Waals surface area contributed by atoms with Crippen LogP contribution in [0.5, 0.6) is 11.5 Å². The van der Waals surface area contributed by atoms with Crippen molar-refractivity contribution in [2.45, 2.75) is 26.7 Å². The molecule has 106 valence electrons. The Morgan fingerprint density at radius 2 is 2.20 bits per heavy atom. The van der Waals surface area contributed by atoms with E-state index in [0.717, 1.165) is 24.3 Å². The van der Waals surface area contributed by atoms with E-state index >= 15 is 0 Å². The number of carbonyl (C=O) groups excluding carboxylic acids is 1. The van der Waals surface area contributed by atoms with Crippen molar-refractivity contribution in [3.63, 3.8) is 0 Å². The van der Waals surface area contributed by atoms with Gasteiger partial charge in [-0.1, -0.05) is 5.16 Å². The number of phenols is 1. The number of carbonyl (C=O) groups is 1. The molecule has 0 fully saturated rings. The Hall–Kier alpha value is -2.30. The molecule has 20 heavy (non-hydrogen) atoms. The lowest BCUT2D eigenvalue weighted by Crippen LogP contribution is -2.01. The number of aldehydes is 1. The van der Waals surface area contributed by atoms with E-state index in [9.17, 15) is 9.90 Å². The van der Waals surface area contributed by atoms with Crippen molar-refractivity contribution < 1.29 is 19.2 Å². The van der Waals surface area contributed by atoms with Crippen molar-refractivity contribution in [3.8, 4) is 11.5 Å². The molecule has 2 aromatic rings. The summed E-state index contributed by atoms with van der Waals surface area (Å²) >= 11 is 0. The highest BCUT2D eigenvalue weighted by Crippen LogP contribution is 2.29. The van der Waals surface area contributed by atoms with E-state index in [1.807, 2.05) is 13.0 Å². The minimum absolute atomic E-state index is 0.0247. The van der Waals surface area contributed by atoms with Crippen LogP contribution in [0.1, 0.15) is 33.8 Å². The quantitative estimate of drug-likeness (QED) is 0.648. The Morgan fingerprint density at radius 1 is 1.40 bits per heavy atom. The zero-order valence-electron chi connectivity index (χ0n) is 11.5. The summed E-state index contributed by atoms with van der Waals surface area (Å²) in [6.45, 7) is 4.10. The molecule has 0 unspecified atom stereocenters. The Bertz CT molecular complexity index is 604. The minimum atomic E-state index is -0.0247. The summed E-state index contributed by atoms with van der Waals surface area (Å²) in [4.78, 5) is 10.7. The Balaban J connectivity index is 1.88. The van der Waals surface area contributed by atoms with Crippen molar-refractivity contribution in [2.75, 3.05) is 6.61 Å². The number of rotatable bonds is 6. The average molecular weight is 275 g/mol. The van der Waals surface area contributed by atoms with Gasteiger partial charge in [-0.15, -0.1) is 0 Å². The van der Waals surface area contributed by atoms with E-state index in [-0.39, 0.29) is 11.3 Å². The van der Waals surface area contributed by atoms with E-state index in [2.05, 4.69) is 5.16 Å². The first-order chi connectivity index (χ1) is 9.61. The molecule has 0 aliphatic heterocycles. The highest BCUT2D eigenvalue weighted by molar-refractivity contribution is 5.80. The number of benzene rings is 1. The van der Waals surface area contributed by atoms with Gasteiger partial charge in [-0.05, 0) is 32.4 Å². The van der Waals surface area contributed by atoms with Gasteiger partial charge in [0.05, 0.1) is 17.9 Å². The largest absolute Gasteiger partial charge is 0.507 e. The molecule has 0 bridgehead atoms. The van der Waals surface area contributed by atoms with Crippen LogP contribution in [0.15, 0.2) is 22.7 Å². The Morgan fingerprint density at radius 3 is 2.85 bits per heavy atom. The lowest BCUT2D eigenvalue weighted by atomic mass is 10.1. The van der Waals surface area contributed by atoms with Crippen molar-refractivity contribution in [1.82, 2.24) is 5.16 Å². The first-order valence-electron chi connectivity index (χ1n) is 6.44. The normalized spacial score (nSPS) is 10.5. The maximum atomic E-state index is 10.7. The predicted molar refractivity (Wildman–Crippen MR) is 73.3 cm³/mol. The summed E-state index contributed by atoms with van der Waals surface area (Å²) in [5.41, 5.74) is 1.71. The van der Waals surface area contributed by atoms with Crippen LogP contribution in [0, 0.1) is 13.8 Å². The van der Waals surface area contributed by atoms with Gasteiger partial charge in [0.15, 0.2) is 6.29 Å². The number of hydrogen-bond donors (Lipinski definition) is 1. The average Bonchev–Trinajstić information content (AvgIpc) is 2.85. The maximum Gasteiger partial charge on any atom is 0.153 e. The van der Waals surface area contributed by atoms with Gasteiger partial charge in [-0.2, -0.15) is 0 Å². The second-order valence-corrected chi connectivity index (χ2v) is 4.63. The zero-order chi connectivity index (χ0) is 14.5. The molecule has 0 aliphatic carbocycles. The Kier molecular flexibility index (Phi) is 4.40. The van der Waals surface area contributed by atoms with Crippen LogP contribution in [0.25, 0.3) is 0 Å². The lowest BCUT2D eigenvalue weighted by molar-refractivity contribution is 0.112. The monoisotopic (exact) mass is 275 g/mol. The van der Waals surface area contributed by atoms with Crippen LogP contribution < -0.4 is 4.74 Å². The number of phenolic OH excluding ortho intramolecular Hbond substituents is 1. The molecule has 2 rings (SSSR count). The molecular weight excluding hydrogens is 258 g/mol. The molecule has 0 radical (unpaired) electrons. The van der Waals surface area contributed by atoms with Gasteiger partial charge >= 0.3 is 0 Å². The summed E-state index contributed by atoms with van der Waals surface area (Å²) in [6, 6.07) is 5.14. The summed E-state index contributed by atoms with van der Waals surface area (Å²) in [5, 5.41) is 13.6. The van der Waals surface area contributed by atoms with E-state index in [0.29, 0.717) is 24.2 Å². The first-order valence-corrected chi connectivity index (χ1v) is 6.44. The topological polar surface area (TPSA) is 72.6 Å². The number of hydrogen-bond acceptors (Lipinski definition) is 5. The van der Waals surface area contributed by atoms with Crippen molar-refractivity contribution in [2.24, 2.45) is 0 Å². The van der Waals surface area contributed by atoms with Crippen LogP contribution >= 0.6 is 0 Å². The number of aromatic nitrogens is 1. The fourth-order valence-corrected chi connectivity index (χ4v) is 1.92. The molecule has 0 saturated carbocycles. The molecule has 1 aromatic heterocycles. The standard InChI is InChI=1S/C15H17NO4/c1-10-8-13(20-16-10)4-3-7-19-14-6-5-12(9-17)15(18)11(14)2/h5-6,8-9,18H,3-4,7H2,1-2H3. The van der Waals surface area contributed by atoms with E-state index < -0.39 is 0 Å². The van der Waals surface area contributed by atoms with E-state index in [1.54, 1.807) is 19.1 Å². The molecule has 0 amide bonds. The third kappa shape index (κ3) is 3.17. The number of ether oxygens (including phenoxy) is 1. The molecule has 1 N–H and O–H groups in total. The summed E-state index contributed by atoms with van der Waals surface area (Å²) < 4.78 is 10.7. The first kappa shape index (κ1) is 14.1. The fourth-order valence-electron chi connectivity index (χ4n) is 1.92. The van der Waals surface area contributed by atoms with Crippen LogP contribution in [0.3, 0.4) is 0 Å². The molecule has 0 saturated heterocycles. The fraction of sp³-hybridized carbons (Fsp3) is 0.333. The third-order valence-corrected chi connectivity index (χ3v) is 3.04. The predicted octanol–water partition coefficient (Wildman–Crippen LogP) is 2.82. The SMILES string of the molecule is Cc1cc(CCCOc2ccc(C=O)c(O)c2C)on1. The summed E-state index contributed by atoms with van der Waals surface area (Å²) in [6.07, 6.45) is 2.15. The van der Waals surface area contributed by atoms with Gasteiger partial charge in [-0.25, -0.2) is 0 Å². The number of aromatic hydroxyl groups is 1. The van der Waals surface area contributed by atoms with Crippen molar-refractivity contribution in [1.29, 1.82) is 0 Å². The van der Waals surface area contributed by atoms with Crippen LogP contribution in [0.4, 0.5) is 0 Å². The van der Waals surface area contributed by atoms with Crippen LogP contribution in [-0.4, -0.2) is 23.2 Å². The minimum Gasteiger partial charge on any atom is -0.507 e. The zero-order valence-corrected chi connectivity index (χ0v) is 11.5. The van der Waals surface area contributed by atoms with Gasteiger partial charge in [0.25, 0.3) is 0 Å². The number of nitrogens with zero attached hydrogens (tertiary/aromatic N) is 1. The van der Waals surface area contributed by atoms with Gasteiger partial charge in [0.2, 0.25) is 0 Å². The van der Waals surface area contributed by atoms with Crippen molar-refractivity contribution >= 4 is 6.29 Å². The molecule has 1 aromatic carbocycles. The maximum absolute atomic E-state index is 10.7. The molecule has 1 heterocycles. The van der Waals surface area contributed by atoms with Crippen LogP contribution in [0.2, 0.25) is 0 Å². The molecule has 0 aliphatic rings. The lowest BCUT2D eigenvalue weighted by Gasteiger charge is -2.10. The second-order valence-electron chi connectivity index (χ2n) is 4.63. The molecule has 5 nitrogen and oxygen atoms in total. The third-order valence-electron chi connectivity index (χ3n) is 3.04. The summed E-state index contributed by atoms with van der Waals surface area (Å²) in [5.74, 6) is 1.40. The molecular formula is C15H17NO4. The van der Waals surface area contributed by atoms with E-state index in [4.69, 9.17) is 9.26 Å². The molecule has 0 spiro atoms.